The van der Waals surface area contributed by atoms with E-state index in [1.165, 1.54) is 42.8 Å². The van der Waals surface area contributed by atoms with Crippen molar-refractivity contribution in [2.75, 3.05) is 27.7 Å². The number of rotatable bonds is 12. The molecule has 1 aliphatic carbocycles. The Bertz CT molecular complexity index is 2450. The Hall–Kier alpha value is -6.20. The number of methoxy groups -OCH3 is 1. The van der Waals surface area contributed by atoms with E-state index in [-0.39, 0.29) is 43.8 Å². The molecule has 1 fully saturated rings. The fourth-order valence-corrected chi connectivity index (χ4v) is 9.67. The van der Waals surface area contributed by atoms with Gasteiger partial charge in [-0.1, -0.05) is 84.0 Å². The molecule has 8 atom stereocenters. The first-order chi connectivity index (χ1) is 34.1. The molecule has 2 heterocycles. The van der Waals surface area contributed by atoms with Crippen LogP contribution in [-0.4, -0.2) is 142 Å². The first-order valence-electron chi connectivity index (χ1n) is 25.8. The molecular weight excluding hydrogens is 947 g/mol. The summed E-state index contributed by atoms with van der Waals surface area (Å²) in [5.41, 5.74) is 1.28. The van der Waals surface area contributed by atoms with Crippen molar-refractivity contribution in [1.82, 2.24) is 35.6 Å². The molecule has 0 saturated carbocycles. The second-order valence-corrected chi connectivity index (χ2v) is 24.5. The minimum absolute atomic E-state index is 0.00101. The summed E-state index contributed by atoms with van der Waals surface area (Å²) in [5, 5.41) is 9.09. The number of amides is 7. The van der Waals surface area contributed by atoms with Crippen molar-refractivity contribution in [3.05, 3.63) is 70.3 Å². The number of aryl methyl sites for hydroxylation is 1. The Morgan fingerprint density at radius 1 is 0.662 bits per heavy atom. The topological polar surface area (TPSA) is 213 Å². The zero-order chi connectivity index (χ0) is 55.6. The van der Waals surface area contributed by atoms with Gasteiger partial charge < -0.3 is 40.0 Å². The average Bonchev–Trinajstić information content (AvgIpc) is 3.76. The van der Waals surface area contributed by atoms with E-state index in [1.807, 2.05) is 57.2 Å². The zero-order valence-corrected chi connectivity index (χ0v) is 46.9. The van der Waals surface area contributed by atoms with Crippen LogP contribution in [0.15, 0.2) is 42.5 Å². The van der Waals surface area contributed by atoms with Crippen molar-refractivity contribution in [2.45, 2.75) is 195 Å². The number of benzene rings is 2. The second kappa shape index (κ2) is 22.7. The van der Waals surface area contributed by atoms with E-state index in [9.17, 15) is 33.6 Å². The van der Waals surface area contributed by atoms with Crippen molar-refractivity contribution >= 4 is 47.7 Å². The Kier molecular flexibility index (Phi) is 18.0. The van der Waals surface area contributed by atoms with Gasteiger partial charge in [-0.25, -0.2) is 14.4 Å². The van der Waals surface area contributed by atoms with Crippen LogP contribution in [0.25, 0.3) is 0 Å². The third-order valence-electron chi connectivity index (χ3n) is 14.2. The lowest BCUT2D eigenvalue weighted by Gasteiger charge is -2.42. The summed E-state index contributed by atoms with van der Waals surface area (Å²) in [6.07, 6.45) is 1.47. The van der Waals surface area contributed by atoms with Gasteiger partial charge in [0.25, 0.3) is 0 Å². The molecule has 18 nitrogen and oxygen atoms in total. The predicted octanol–water partition coefficient (Wildman–Crippen LogP) is 6.56. The smallest absolute Gasteiger partial charge is 0.410 e. The fourth-order valence-electron chi connectivity index (χ4n) is 9.67. The van der Waals surface area contributed by atoms with Gasteiger partial charge in [-0.2, -0.15) is 0 Å². The maximum atomic E-state index is 15.3. The van der Waals surface area contributed by atoms with Crippen LogP contribution >= 0.6 is 0 Å². The number of carbonyl (C=O) groups is 8. The Morgan fingerprint density at radius 2 is 1.18 bits per heavy atom. The first kappa shape index (κ1) is 58.7. The highest BCUT2D eigenvalue weighted by Gasteiger charge is 2.48. The monoisotopic (exact) mass is 1030 g/mol. The van der Waals surface area contributed by atoms with Gasteiger partial charge in [-0.15, -0.1) is 0 Å². The van der Waals surface area contributed by atoms with E-state index in [0.717, 1.165) is 52.0 Å². The Balaban J connectivity index is 1.47. The molecule has 74 heavy (non-hydrogen) atoms. The standard InChI is InChI=1S/C56H83N7O11/c1-32(60(15)51(70)73-55(9,10)11)45(64)58-43(53(3,4)5)48(67)62-30-37-27-35(25-26-36(37)28-41(62)47(66)57-40-24-20-22-34-21-18-19-23-39(34)40)38-29-42(50(69)72-17)63(31-38)49(68)44(54(6,7)8)59-46(65)33(2)61(16)52(71)74-56(12,13)14/h18-19,21,23,25-27,32-33,38,40-44H,20,22,24,28-31H2,1-17H3,(H,57,66)(H,58,64)(H,59,65)/t32-,33-,38?,40?,41?,42-,43?,44?/m0/s1. The first-order valence-corrected chi connectivity index (χ1v) is 25.8. The largest absolute Gasteiger partial charge is 0.467 e. The van der Waals surface area contributed by atoms with Crippen molar-refractivity contribution in [2.24, 2.45) is 10.8 Å². The molecule has 3 aliphatic rings. The normalized spacial score (nSPS) is 20.6. The summed E-state index contributed by atoms with van der Waals surface area (Å²) in [5.74, 6) is -3.48. The number of esters is 1. The number of fused-ring (bicyclic) bond motifs is 2. The summed E-state index contributed by atoms with van der Waals surface area (Å²) in [6.45, 7) is 24.4. The summed E-state index contributed by atoms with van der Waals surface area (Å²) in [6, 6.07) is 7.34. The summed E-state index contributed by atoms with van der Waals surface area (Å²) >= 11 is 0. The number of nitrogens with zero attached hydrogens (tertiary/aromatic N) is 4. The highest BCUT2D eigenvalue weighted by atomic mass is 16.6. The number of ether oxygens (including phenoxy) is 3. The SMILES string of the molecule is COC(=O)[C@@H]1CC(c2ccc3c(c2)CN(C(=O)C(NC(=O)[C@H](C)N(C)C(=O)OC(C)(C)C)C(C)(C)C)C(C(=O)NC2CCCc4ccccc42)C3)CN1C(=O)C(NC(=O)[C@H](C)N(C)C(=O)OC(C)(C)C)C(C)(C)C. The molecule has 2 aliphatic heterocycles. The van der Waals surface area contributed by atoms with Crippen LogP contribution in [0.2, 0.25) is 0 Å². The Morgan fingerprint density at radius 3 is 1.68 bits per heavy atom. The summed E-state index contributed by atoms with van der Waals surface area (Å²) in [4.78, 5) is 117. The number of nitrogens with one attached hydrogen (secondary N) is 3. The molecule has 2 aromatic carbocycles. The lowest BCUT2D eigenvalue weighted by atomic mass is 9.83. The number of carbonyl (C=O) groups excluding carboxylic acids is 8. The van der Waals surface area contributed by atoms with Crippen LogP contribution in [-0.2, 0) is 62.4 Å². The van der Waals surface area contributed by atoms with Crippen LogP contribution in [0, 0.1) is 10.8 Å². The third-order valence-corrected chi connectivity index (χ3v) is 14.2. The molecule has 3 N–H and O–H groups in total. The molecule has 1 saturated heterocycles. The summed E-state index contributed by atoms with van der Waals surface area (Å²) < 4.78 is 16.2. The lowest BCUT2D eigenvalue weighted by molar-refractivity contribution is -0.153. The predicted molar refractivity (Wildman–Crippen MR) is 279 cm³/mol. The number of likely N-dealkylation sites (tertiary alicyclic amines) is 1. The second-order valence-electron chi connectivity index (χ2n) is 24.5. The van der Waals surface area contributed by atoms with Gasteiger partial charge in [0.1, 0.15) is 47.5 Å². The van der Waals surface area contributed by atoms with E-state index in [4.69, 9.17) is 14.2 Å². The molecule has 7 amide bonds. The molecule has 2 aromatic rings. The van der Waals surface area contributed by atoms with Crippen LogP contribution in [0.3, 0.4) is 0 Å². The van der Waals surface area contributed by atoms with Gasteiger partial charge in [-0.05, 0) is 120 Å². The van der Waals surface area contributed by atoms with Gasteiger partial charge in [-0.3, -0.25) is 33.8 Å². The van der Waals surface area contributed by atoms with Crippen LogP contribution in [0.1, 0.15) is 156 Å². The van der Waals surface area contributed by atoms with Gasteiger partial charge in [0, 0.05) is 39.5 Å². The molecule has 0 bridgehead atoms. The van der Waals surface area contributed by atoms with Crippen molar-refractivity contribution in [3.63, 3.8) is 0 Å². The quantitative estimate of drug-likeness (QED) is 0.153. The molecule has 0 radical (unpaired) electrons. The van der Waals surface area contributed by atoms with Gasteiger partial charge in [0.05, 0.1) is 13.2 Å². The molecule has 5 rings (SSSR count). The van der Waals surface area contributed by atoms with E-state index in [2.05, 4.69) is 22.0 Å². The fraction of sp³-hybridized carbons (Fsp3) is 0.643. The average molecular weight is 1030 g/mol. The lowest BCUT2D eigenvalue weighted by Crippen LogP contribution is -2.62. The molecule has 18 heteroatoms. The van der Waals surface area contributed by atoms with Crippen molar-refractivity contribution in [1.29, 1.82) is 0 Å². The van der Waals surface area contributed by atoms with Gasteiger partial charge in [0.15, 0.2) is 0 Å². The Labute approximate surface area is 438 Å². The molecule has 5 unspecified atom stereocenters. The highest BCUT2D eigenvalue weighted by Crippen LogP contribution is 2.38. The highest BCUT2D eigenvalue weighted by molar-refractivity contribution is 5.96. The van der Waals surface area contributed by atoms with Gasteiger partial charge in [0.2, 0.25) is 29.5 Å². The van der Waals surface area contributed by atoms with Crippen LogP contribution < -0.4 is 16.0 Å². The minimum atomic E-state index is -1.13. The van der Waals surface area contributed by atoms with Gasteiger partial charge >= 0.3 is 18.2 Å². The number of hydrogen-bond donors (Lipinski definition) is 3. The maximum Gasteiger partial charge on any atom is 0.410 e. The van der Waals surface area contributed by atoms with Crippen molar-refractivity contribution < 1.29 is 52.6 Å². The van der Waals surface area contributed by atoms with E-state index in [0.29, 0.717) is 0 Å². The number of likely N-dealkylation sites (N-methyl/N-ethyl adjacent to an activating group) is 2. The maximum absolute atomic E-state index is 15.3. The molecule has 0 aromatic heterocycles. The van der Waals surface area contributed by atoms with E-state index < -0.39 is 100 Å². The summed E-state index contributed by atoms with van der Waals surface area (Å²) in [7, 11) is 4.16. The van der Waals surface area contributed by atoms with E-state index in [1.54, 1.807) is 69.2 Å². The number of hydrogen-bond acceptors (Lipinski definition) is 11. The van der Waals surface area contributed by atoms with Crippen LogP contribution in [0.5, 0.6) is 0 Å². The molecule has 0 spiro atoms. The third kappa shape index (κ3) is 14.1. The zero-order valence-electron chi connectivity index (χ0n) is 46.9. The molecular formula is C56H83N7O11. The van der Waals surface area contributed by atoms with Crippen molar-refractivity contribution in [3.8, 4) is 0 Å². The van der Waals surface area contributed by atoms with Crippen LogP contribution in [0.4, 0.5) is 9.59 Å². The molecule has 408 valence electrons. The minimum Gasteiger partial charge on any atom is -0.467 e. The van der Waals surface area contributed by atoms with E-state index >= 15 is 4.79 Å².